The average Bonchev–Trinajstić information content (AvgIpc) is 3.25. The van der Waals surface area contributed by atoms with E-state index in [0.29, 0.717) is 5.76 Å². The molecular formula is C19H16F3NO4. The summed E-state index contributed by atoms with van der Waals surface area (Å²) in [5.74, 6) is -1.88. The molecule has 0 saturated carbocycles. The Morgan fingerprint density at radius 1 is 1.22 bits per heavy atom. The largest absolute Gasteiger partial charge is 0.469 e. The van der Waals surface area contributed by atoms with Gasteiger partial charge in [0.05, 0.1) is 30.6 Å². The van der Waals surface area contributed by atoms with Crippen LogP contribution in [-0.4, -0.2) is 32.0 Å². The number of rotatable bonds is 4. The van der Waals surface area contributed by atoms with E-state index in [0.717, 1.165) is 19.2 Å². The molecule has 0 fully saturated rings. The first-order valence-electron chi connectivity index (χ1n) is 8.04. The molecule has 1 aromatic heterocycles. The van der Waals surface area contributed by atoms with E-state index in [1.165, 1.54) is 18.4 Å². The van der Waals surface area contributed by atoms with E-state index in [2.05, 4.69) is 5.32 Å². The van der Waals surface area contributed by atoms with Crippen molar-refractivity contribution in [3.05, 3.63) is 65.1 Å². The number of furan rings is 1. The number of hydrogen-bond donors (Lipinski definition) is 1. The van der Waals surface area contributed by atoms with E-state index < -0.39 is 35.5 Å². The monoisotopic (exact) mass is 379 g/mol. The third-order valence-corrected chi connectivity index (χ3v) is 4.49. The predicted octanol–water partition coefficient (Wildman–Crippen LogP) is 3.18. The molecule has 0 aliphatic heterocycles. The Hall–Kier alpha value is -2.87. The van der Waals surface area contributed by atoms with Crippen LogP contribution in [0.3, 0.4) is 0 Å². The van der Waals surface area contributed by atoms with Gasteiger partial charge in [0.25, 0.3) is 0 Å². The van der Waals surface area contributed by atoms with Gasteiger partial charge in [0.2, 0.25) is 0 Å². The molecule has 5 nitrogen and oxygen atoms in total. The summed E-state index contributed by atoms with van der Waals surface area (Å²) in [6, 6.07) is 6.70. The maximum absolute atomic E-state index is 13.1. The summed E-state index contributed by atoms with van der Waals surface area (Å²) in [6.07, 6.45) is -3.19. The summed E-state index contributed by atoms with van der Waals surface area (Å²) in [5, 5.41) is 2.88. The highest BCUT2D eigenvalue weighted by atomic mass is 19.4. The van der Waals surface area contributed by atoms with E-state index in [1.54, 1.807) is 19.2 Å². The van der Waals surface area contributed by atoms with E-state index in [9.17, 15) is 22.8 Å². The van der Waals surface area contributed by atoms with Crippen molar-refractivity contribution in [3.63, 3.8) is 0 Å². The summed E-state index contributed by atoms with van der Waals surface area (Å²) in [5.41, 5.74) is -1.03. The van der Waals surface area contributed by atoms with Crippen LogP contribution in [0.4, 0.5) is 13.2 Å². The van der Waals surface area contributed by atoms with Gasteiger partial charge in [-0.1, -0.05) is 12.1 Å². The summed E-state index contributed by atoms with van der Waals surface area (Å²) >= 11 is 0. The molecule has 1 aliphatic rings. The third-order valence-electron chi connectivity index (χ3n) is 4.49. The maximum Gasteiger partial charge on any atom is 0.416 e. The Bertz CT molecular complexity index is 900. The number of carbonyl (C=O) groups is 2. The van der Waals surface area contributed by atoms with E-state index >= 15 is 0 Å². The molecule has 3 rings (SSSR count). The fourth-order valence-corrected chi connectivity index (χ4v) is 3.32. The van der Waals surface area contributed by atoms with Crippen LogP contribution in [0.15, 0.2) is 52.7 Å². The van der Waals surface area contributed by atoms with Crippen molar-refractivity contribution >= 4 is 17.3 Å². The van der Waals surface area contributed by atoms with Crippen molar-refractivity contribution in [3.8, 4) is 0 Å². The molecule has 2 unspecified atom stereocenters. The summed E-state index contributed by atoms with van der Waals surface area (Å²) in [6.45, 7) is 0. The number of nitrogens with one attached hydrogen (secondary N) is 1. The molecule has 2 atom stereocenters. The van der Waals surface area contributed by atoms with Gasteiger partial charge in [-0.25, -0.2) is 4.79 Å². The van der Waals surface area contributed by atoms with Crippen LogP contribution in [-0.2, 0) is 20.5 Å². The molecule has 142 valence electrons. The zero-order valence-corrected chi connectivity index (χ0v) is 14.5. The molecule has 1 N–H and O–H groups in total. The molecule has 0 amide bonds. The number of ketones is 1. The van der Waals surface area contributed by atoms with Crippen LogP contribution in [0.5, 0.6) is 0 Å². The van der Waals surface area contributed by atoms with Gasteiger partial charge >= 0.3 is 12.1 Å². The summed E-state index contributed by atoms with van der Waals surface area (Å²) in [4.78, 5) is 25.5. The zero-order valence-electron chi connectivity index (χ0n) is 14.5. The second-order valence-corrected chi connectivity index (χ2v) is 5.98. The van der Waals surface area contributed by atoms with Crippen molar-refractivity contribution in [1.29, 1.82) is 0 Å². The number of carbonyl (C=O) groups excluding carboxylic acids is 2. The molecule has 0 saturated heterocycles. The molecule has 27 heavy (non-hydrogen) atoms. The minimum Gasteiger partial charge on any atom is -0.469 e. The van der Waals surface area contributed by atoms with Crippen molar-refractivity contribution in [1.82, 2.24) is 5.32 Å². The zero-order chi connectivity index (χ0) is 19.8. The van der Waals surface area contributed by atoms with Crippen molar-refractivity contribution < 1.29 is 31.9 Å². The Labute approximate surface area is 152 Å². The normalized spacial score (nSPS) is 20.3. The standard InChI is InChI=1S/C19H16F3NO4/c1-23-16-14(12-7-4-8-27-12)17(24)13(15(16)18(25)26-2)10-5-3-6-11(9-10)19(20,21)22/h3-9,14,16,23H,1-2H3. The van der Waals surface area contributed by atoms with Crippen LogP contribution >= 0.6 is 0 Å². The third kappa shape index (κ3) is 3.28. The van der Waals surface area contributed by atoms with Gasteiger partial charge in [-0.05, 0) is 36.9 Å². The van der Waals surface area contributed by atoms with Gasteiger partial charge in [-0.3, -0.25) is 4.79 Å². The summed E-state index contributed by atoms with van der Waals surface area (Å²) in [7, 11) is 2.70. The van der Waals surface area contributed by atoms with E-state index in [4.69, 9.17) is 9.15 Å². The van der Waals surface area contributed by atoms with Gasteiger partial charge < -0.3 is 14.5 Å². The predicted molar refractivity (Wildman–Crippen MR) is 89.7 cm³/mol. The van der Waals surface area contributed by atoms with Gasteiger partial charge in [-0.2, -0.15) is 13.2 Å². The number of alkyl halides is 3. The number of hydrogen-bond acceptors (Lipinski definition) is 5. The Morgan fingerprint density at radius 2 is 1.96 bits per heavy atom. The summed E-state index contributed by atoms with van der Waals surface area (Å²) < 4.78 is 49.4. The number of halogens is 3. The lowest BCUT2D eigenvalue weighted by molar-refractivity contribution is -0.138. The first-order chi connectivity index (χ1) is 12.8. The van der Waals surface area contributed by atoms with Crippen molar-refractivity contribution in [2.75, 3.05) is 14.2 Å². The fourth-order valence-electron chi connectivity index (χ4n) is 3.32. The van der Waals surface area contributed by atoms with Gasteiger partial charge in [0.1, 0.15) is 11.7 Å². The Morgan fingerprint density at radius 3 is 2.52 bits per heavy atom. The molecule has 8 heteroatoms. The van der Waals surface area contributed by atoms with Gasteiger partial charge in [-0.15, -0.1) is 0 Å². The van der Waals surface area contributed by atoms with Gasteiger partial charge in [0.15, 0.2) is 5.78 Å². The average molecular weight is 379 g/mol. The Kier molecular flexibility index (Phi) is 4.93. The number of benzene rings is 1. The van der Waals surface area contributed by atoms with E-state index in [1.807, 2.05) is 0 Å². The minimum atomic E-state index is -4.58. The minimum absolute atomic E-state index is 0.00420. The second kappa shape index (κ2) is 7.03. The van der Waals surface area contributed by atoms with Crippen molar-refractivity contribution in [2.24, 2.45) is 0 Å². The molecular weight excluding hydrogens is 363 g/mol. The molecule has 0 bridgehead atoms. The van der Waals surface area contributed by atoms with Crippen LogP contribution < -0.4 is 5.32 Å². The van der Waals surface area contributed by atoms with E-state index in [-0.39, 0.29) is 16.7 Å². The lowest BCUT2D eigenvalue weighted by atomic mass is 9.94. The van der Waals surface area contributed by atoms with Crippen LogP contribution in [0.2, 0.25) is 0 Å². The number of esters is 1. The second-order valence-electron chi connectivity index (χ2n) is 5.98. The highest BCUT2D eigenvalue weighted by Crippen LogP contribution is 2.42. The number of Topliss-reactive ketones (excluding diaryl/α,β-unsaturated/α-hetero) is 1. The van der Waals surface area contributed by atoms with Gasteiger partial charge in [0, 0.05) is 5.57 Å². The van der Waals surface area contributed by atoms with Crippen molar-refractivity contribution in [2.45, 2.75) is 18.1 Å². The molecule has 1 aromatic carbocycles. The molecule has 0 radical (unpaired) electrons. The topological polar surface area (TPSA) is 68.5 Å². The molecule has 1 heterocycles. The highest BCUT2D eigenvalue weighted by molar-refractivity contribution is 6.32. The first kappa shape index (κ1) is 18.9. The van der Waals surface area contributed by atoms with Crippen LogP contribution in [0, 0.1) is 0 Å². The Balaban J connectivity index is 2.20. The smallest absolute Gasteiger partial charge is 0.416 e. The number of methoxy groups -OCH3 is 1. The lowest BCUT2D eigenvalue weighted by Gasteiger charge is -2.18. The number of allylic oxidation sites excluding steroid dienone is 1. The molecule has 2 aromatic rings. The number of likely N-dealkylation sites (N-methyl/N-ethyl adjacent to an activating group) is 1. The lowest BCUT2D eigenvalue weighted by Crippen LogP contribution is -2.35. The SMILES string of the molecule is CNC1C(C(=O)OC)=C(c2cccc(C(F)(F)F)c2)C(=O)C1c1ccco1. The van der Waals surface area contributed by atoms with Crippen LogP contribution in [0.1, 0.15) is 22.8 Å². The maximum atomic E-state index is 13.1. The molecule has 1 aliphatic carbocycles. The highest BCUT2D eigenvalue weighted by Gasteiger charge is 2.47. The van der Waals surface area contributed by atoms with Crippen LogP contribution in [0.25, 0.3) is 5.57 Å². The fraction of sp³-hybridized carbons (Fsp3) is 0.263. The number of ether oxygens (including phenoxy) is 1. The first-order valence-corrected chi connectivity index (χ1v) is 8.04. The molecule has 0 spiro atoms. The quantitative estimate of drug-likeness (QED) is 0.827.